The van der Waals surface area contributed by atoms with Gasteiger partial charge in [-0.1, -0.05) is 6.58 Å². The molecule has 0 bridgehead atoms. The first-order chi connectivity index (χ1) is 8.47. The number of esters is 1. The van der Waals surface area contributed by atoms with Gasteiger partial charge in [-0.25, -0.2) is 4.79 Å². The van der Waals surface area contributed by atoms with Crippen LogP contribution in [0.15, 0.2) is 24.6 Å². The summed E-state index contributed by atoms with van der Waals surface area (Å²) in [6.07, 6.45) is 4.78. The molecule has 0 unspecified atom stereocenters. The molecule has 0 fully saturated rings. The normalized spacial score (nSPS) is 13.1. The van der Waals surface area contributed by atoms with Crippen molar-refractivity contribution < 1.29 is 14.1 Å². The van der Waals surface area contributed by atoms with Crippen molar-refractivity contribution in [3.63, 3.8) is 0 Å². The first-order valence-corrected chi connectivity index (χ1v) is 6.59. The van der Waals surface area contributed by atoms with E-state index in [0.717, 1.165) is 18.7 Å². The van der Waals surface area contributed by atoms with Gasteiger partial charge in [0.25, 0.3) is 0 Å². The molecule has 0 aliphatic carbocycles. The quantitative estimate of drug-likeness (QED) is 0.358. The van der Waals surface area contributed by atoms with Crippen LogP contribution in [0.5, 0.6) is 0 Å². The standard InChI is InChI=1S/C7H12O3S.C5H10N2/c1-6(2)7(8)10-4-3-5-11-9;1-6-3-4-7(2)5-6/h9H,1,3-5H2,2H3;3-4H,5H2,1-2H3. The van der Waals surface area contributed by atoms with Gasteiger partial charge >= 0.3 is 5.97 Å². The maximum absolute atomic E-state index is 10.7. The highest BCUT2D eigenvalue weighted by atomic mass is 32.2. The van der Waals surface area contributed by atoms with E-state index in [1.165, 1.54) is 0 Å². The van der Waals surface area contributed by atoms with Crippen LogP contribution in [0.2, 0.25) is 0 Å². The zero-order valence-electron chi connectivity index (χ0n) is 11.3. The molecule has 0 radical (unpaired) electrons. The van der Waals surface area contributed by atoms with Gasteiger partial charge < -0.3 is 19.1 Å². The summed E-state index contributed by atoms with van der Waals surface area (Å²) in [5.41, 5.74) is 0.404. The number of carbonyl (C=O) groups is 1. The Kier molecular flexibility index (Phi) is 9.22. The van der Waals surface area contributed by atoms with Gasteiger partial charge in [-0.2, -0.15) is 0 Å². The number of ether oxygens (including phenoxy) is 1. The molecule has 0 atom stereocenters. The van der Waals surface area contributed by atoms with E-state index in [1.54, 1.807) is 6.92 Å². The van der Waals surface area contributed by atoms with Crippen molar-refractivity contribution in [2.75, 3.05) is 33.1 Å². The highest BCUT2D eigenvalue weighted by molar-refractivity contribution is 7.93. The van der Waals surface area contributed by atoms with Crippen LogP contribution in [0.25, 0.3) is 0 Å². The maximum atomic E-state index is 10.7. The van der Waals surface area contributed by atoms with Crippen molar-refractivity contribution in [2.24, 2.45) is 0 Å². The van der Waals surface area contributed by atoms with E-state index in [2.05, 4.69) is 42.9 Å². The number of rotatable bonds is 5. The first kappa shape index (κ1) is 16.9. The molecule has 0 saturated carbocycles. The Morgan fingerprint density at radius 3 is 2.33 bits per heavy atom. The molecule has 5 nitrogen and oxygen atoms in total. The topological polar surface area (TPSA) is 53.0 Å². The minimum Gasteiger partial charge on any atom is -0.462 e. The molecule has 1 rings (SSSR count). The molecule has 0 aromatic rings. The Morgan fingerprint density at radius 2 is 2.00 bits per heavy atom. The van der Waals surface area contributed by atoms with Crippen molar-refractivity contribution in [2.45, 2.75) is 13.3 Å². The van der Waals surface area contributed by atoms with Crippen LogP contribution in [-0.2, 0) is 9.53 Å². The van der Waals surface area contributed by atoms with Gasteiger partial charge in [0.1, 0.15) is 0 Å². The molecule has 0 amide bonds. The highest BCUT2D eigenvalue weighted by Crippen LogP contribution is 1.98. The molecule has 0 aromatic carbocycles. The summed E-state index contributed by atoms with van der Waals surface area (Å²) >= 11 is 0.748. The Labute approximate surface area is 113 Å². The minimum absolute atomic E-state index is 0.346. The third kappa shape index (κ3) is 8.95. The number of nitrogens with zero attached hydrogens (tertiary/aromatic N) is 2. The number of hydrogen-bond donors (Lipinski definition) is 1. The second-order valence-corrected chi connectivity index (χ2v) is 4.72. The van der Waals surface area contributed by atoms with Gasteiger partial charge in [-0.05, 0) is 25.4 Å². The average molecular weight is 274 g/mol. The molecular weight excluding hydrogens is 252 g/mol. The predicted molar refractivity (Wildman–Crippen MR) is 75.0 cm³/mol. The molecular formula is C12H22N2O3S. The van der Waals surface area contributed by atoms with Crippen molar-refractivity contribution in [1.82, 2.24) is 9.80 Å². The third-order valence-corrected chi connectivity index (χ3v) is 2.45. The maximum Gasteiger partial charge on any atom is 0.333 e. The zero-order chi connectivity index (χ0) is 14.0. The molecule has 104 valence electrons. The fraction of sp³-hybridized carbons (Fsp3) is 0.583. The van der Waals surface area contributed by atoms with Gasteiger partial charge in [0, 0.05) is 37.8 Å². The lowest BCUT2D eigenvalue weighted by Crippen LogP contribution is -2.17. The highest BCUT2D eigenvalue weighted by Gasteiger charge is 2.01. The Morgan fingerprint density at radius 1 is 1.44 bits per heavy atom. The van der Waals surface area contributed by atoms with E-state index in [1.807, 2.05) is 0 Å². The summed E-state index contributed by atoms with van der Waals surface area (Å²) in [6.45, 7) is 6.40. The fourth-order valence-corrected chi connectivity index (χ4v) is 1.33. The SMILES string of the molecule is C=C(C)C(=O)OCCCSO.CN1C=CN(C)C1. The lowest BCUT2D eigenvalue weighted by Gasteiger charge is -2.10. The fourth-order valence-electron chi connectivity index (χ4n) is 1.09. The van der Waals surface area contributed by atoms with Crippen LogP contribution in [0.1, 0.15) is 13.3 Å². The number of carbonyl (C=O) groups excluding carboxylic acids is 1. The van der Waals surface area contributed by atoms with Crippen molar-refractivity contribution >= 4 is 18.0 Å². The molecule has 1 aliphatic rings. The van der Waals surface area contributed by atoms with E-state index < -0.39 is 0 Å². The summed E-state index contributed by atoms with van der Waals surface area (Å²) in [7, 11) is 4.11. The van der Waals surface area contributed by atoms with Gasteiger partial charge in [0.2, 0.25) is 0 Å². The summed E-state index contributed by atoms with van der Waals surface area (Å²) < 4.78 is 13.0. The Balaban J connectivity index is 0.000000351. The number of hydrogen-bond acceptors (Lipinski definition) is 6. The zero-order valence-corrected chi connectivity index (χ0v) is 12.1. The average Bonchev–Trinajstić information content (AvgIpc) is 2.69. The molecule has 18 heavy (non-hydrogen) atoms. The van der Waals surface area contributed by atoms with Gasteiger partial charge in [-0.3, -0.25) is 0 Å². The van der Waals surface area contributed by atoms with Crippen LogP contribution < -0.4 is 0 Å². The molecule has 1 heterocycles. The van der Waals surface area contributed by atoms with E-state index in [0.29, 0.717) is 24.4 Å². The van der Waals surface area contributed by atoms with Crippen LogP contribution in [0.3, 0.4) is 0 Å². The molecule has 6 heteroatoms. The van der Waals surface area contributed by atoms with E-state index in [-0.39, 0.29) is 5.97 Å². The lowest BCUT2D eigenvalue weighted by molar-refractivity contribution is -0.138. The van der Waals surface area contributed by atoms with Gasteiger partial charge in [0.15, 0.2) is 0 Å². The van der Waals surface area contributed by atoms with E-state index in [4.69, 9.17) is 9.29 Å². The monoisotopic (exact) mass is 274 g/mol. The van der Waals surface area contributed by atoms with Crippen LogP contribution >= 0.6 is 12.0 Å². The van der Waals surface area contributed by atoms with E-state index in [9.17, 15) is 4.79 Å². The molecule has 0 aromatic heterocycles. The summed E-state index contributed by atoms with van der Waals surface area (Å²) in [5.74, 6) is 0.219. The van der Waals surface area contributed by atoms with Crippen LogP contribution in [0, 0.1) is 0 Å². The summed E-state index contributed by atoms with van der Waals surface area (Å²) in [4.78, 5) is 15.0. The van der Waals surface area contributed by atoms with Crippen molar-refractivity contribution in [1.29, 1.82) is 0 Å². The van der Waals surface area contributed by atoms with Gasteiger partial charge in [-0.15, -0.1) is 0 Å². The summed E-state index contributed by atoms with van der Waals surface area (Å²) in [6, 6.07) is 0. The predicted octanol–water partition coefficient (Wildman–Crippen LogP) is 1.99. The van der Waals surface area contributed by atoms with Crippen LogP contribution in [-0.4, -0.2) is 53.4 Å². The largest absolute Gasteiger partial charge is 0.462 e. The second-order valence-electron chi connectivity index (χ2n) is 4.06. The van der Waals surface area contributed by atoms with Crippen molar-refractivity contribution in [3.05, 3.63) is 24.6 Å². The van der Waals surface area contributed by atoms with E-state index >= 15 is 0 Å². The first-order valence-electron chi connectivity index (χ1n) is 5.65. The smallest absolute Gasteiger partial charge is 0.333 e. The third-order valence-electron chi connectivity index (χ3n) is 1.98. The van der Waals surface area contributed by atoms with Gasteiger partial charge in [0.05, 0.1) is 13.3 Å². The Hall–Kier alpha value is -1.14. The van der Waals surface area contributed by atoms with Crippen molar-refractivity contribution in [3.8, 4) is 0 Å². The Bertz CT molecular complexity index is 285. The second kappa shape index (κ2) is 9.85. The molecule has 0 spiro atoms. The molecule has 0 saturated heterocycles. The minimum atomic E-state index is -0.368. The molecule has 1 aliphatic heterocycles. The summed E-state index contributed by atoms with van der Waals surface area (Å²) in [5, 5.41) is 0. The lowest BCUT2D eigenvalue weighted by atomic mass is 10.4. The molecule has 1 N–H and O–H groups in total. The van der Waals surface area contributed by atoms with Crippen LogP contribution in [0.4, 0.5) is 0 Å².